The first-order chi connectivity index (χ1) is 7.18. The van der Waals surface area contributed by atoms with E-state index >= 15 is 0 Å². The summed E-state index contributed by atoms with van der Waals surface area (Å²) in [5.41, 5.74) is 1.17. The van der Waals surface area contributed by atoms with Gasteiger partial charge in [0.25, 0.3) is 0 Å². The third kappa shape index (κ3) is 4.97. The first kappa shape index (κ1) is 11.5. The SMILES string of the molecule is O=C(O)C=CC(=O)NCCc1ccsc1. The lowest BCUT2D eigenvalue weighted by atomic mass is 10.2. The molecule has 4 nitrogen and oxygen atoms in total. The Balaban J connectivity index is 2.20. The molecule has 0 bridgehead atoms. The van der Waals surface area contributed by atoms with Crippen molar-refractivity contribution >= 4 is 23.2 Å². The van der Waals surface area contributed by atoms with Gasteiger partial charge in [-0.25, -0.2) is 4.79 Å². The van der Waals surface area contributed by atoms with Gasteiger partial charge in [-0.2, -0.15) is 11.3 Å². The lowest BCUT2D eigenvalue weighted by Gasteiger charge is -1.99. The summed E-state index contributed by atoms with van der Waals surface area (Å²) in [6, 6.07) is 1.99. The van der Waals surface area contributed by atoms with E-state index in [9.17, 15) is 9.59 Å². The van der Waals surface area contributed by atoms with E-state index in [1.54, 1.807) is 11.3 Å². The number of carbonyl (C=O) groups is 2. The Labute approximate surface area is 91.2 Å². The van der Waals surface area contributed by atoms with Gasteiger partial charge in [-0.3, -0.25) is 4.79 Å². The number of rotatable bonds is 5. The highest BCUT2D eigenvalue weighted by Crippen LogP contribution is 2.05. The van der Waals surface area contributed by atoms with Crippen LogP contribution in [0.15, 0.2) is 29.0 Å². The molecule has 2 N–H and O–H groups in total. The fourth-order valence-electron chi connectivity index (χ4n) is 0.971. The normalized spacial score (nSPS) is 10.4. The zero-order chi connectivity index (χ0) is 11.1. The Morgan fingerprint density at radius 1 is 1.47 bits per heavy atom. The zero-order valence-electron chi connectivity index (χ0n) is 7.97. The molecule has 1 aromatic rings. The minimum atomic E-state index is -1.12. The number of amides is 1. The molecule has 1 aromatic heterocycles. The summed E-state index contributed by atoms with van der Waals surface area (Å²) in [4.78, 5) is 21.1. The quantitative estimate of drug-likeness (QED) is 0.736. The molecule has 0 aliphatic carbocycles. The third-order valence-corrected chi connectivity index (χ3v) is 2.40. The monoisotopic (exact) mass is 225 g/mol. The van der Waals surface area contributed by atoms with Crippen LogP contribution in [0.2, 0.25) is 0 Å². The maximum atomic E-state index is 11.0. The lowest BCUT2D eigenvalue weighted by molar-refractivity contribution is -0.131. The predicted octanol–water partition coefficient (Wildman–Crippen LogP) is 1.05. The fraction of sp³-hybridized carbons (Fsp3) is 0.200. The second-order valence-electron chi connectivity index (χ2n) is 2.84. The van der Waals surface area contributed by atoms with Crippen molar-refractivity contribution in [1.29, 1.82) is 0 Å². The highest BCUT2D eigenvalue weighted by Gasteiger charge is 1.97. The van der Waals surface area contributed by atoms with Crippen LogP contribution in [-0.2, 0) is 16.0 Å². The van der Waals surface area contributed by atoms with Gasteiger partial charge in [0.1, 0.15) is 0 Å². The minimum absolute atomic E-state index is 0.382. The van der Waals surface area contributed by atoms with Crippen molar-refractivity contribution < 1.29 is 14.7 Å². The number of aliphatic carboxylic acids is 1. The van der Waals surface area contributed by atoms with Gasteiger partial charge in [0.2, 0.25) is 5.91 Å². The van der Waals surface area contributed by atoms with Gasteiger partial charge >= 0.3 is 5.97 Å². The molecule has 1 rings (SSSR count). The van der Waals surface area contributed by atoms with Gasteiger partial charge in [0, 0.05) is 18.7 Å². The minimum Gasteiger partial charge on any atom is -0.478 e. The largest absolute Gasteiger partial charge is 0.478 e. The molecule has 1 heterocycles. The average Bonchev–Trinajstić information content (AvgIpc) is 2.67. The molecule has 0 atom stereocenters. The number of hydrogen-bond donors (Lipinski definition) is 2. The summed E-state index contributed by atoms with van der Waals surface area (Å²) >= 11 is 1.61. The summed E-state index contributed by atoms with van der Waals surface area (Å²) in [6.07, 6.45) is 2.59. The number of nitrogens with one attached hydrogen (secondary N) is 1. The summed E-state index contributed by atoms with van der Waals surface area (Å²) < 4.78 is 0. The number of thiophene rings is 1. The Bertz CT molecular complexity index is 357. The summed E-state index contributed by atoms with van der Waals surface area (Å²) in [6.45, 7) is 0.513. The van der Waals surface area contributed by atoms with E-state index in [0.717, 1.165) is 18.6 Å². The summed E-state index contributed by atoms with van der Waals surface area (Å²) in [7, 11) is 0. The van der Waals surface area contributed by atoms with E-state index in [4.69, 9.17) is 5.11 Å². The molecule has 0 unspecified atom stereocenters. The number of carbonyl (C=O) groups excluding carboxylic acids is 1. The van der Waals surface area contributed by atoms with Crippen LogP contribution in [0, 0.1) is 0 Å². The molecule has 0 saturated carbocycles. The van der Waals surface area contributed by atoms with Gasteiger partial charge in [0.05, 0.1) is 0 Å². The predicted molar refractivity (Wildman–Crippen MR) is 57.8 cm³/mol. The van der Waals surface area contributed by atoms with Gasteiger partial charge in [-0.05, 0) is 28.8 Å². The van der Waals surface area contributed by atoms with Crippen molar-refractivity contribution in [3.05, 3.63) is 34.5 Å². The van der Waals surface area contributed by atoms with E-state index in [1.165, 1.54) is 5.56 Å². The standard InChI is InChI=1S/C10H11NO3S/c12-9(1-2-10(13)14)11-5-3-8-4-6-15-7-8/h1-2,4,6-7H,3,5H2,(H,11,12)(H,13,14). The maximum absolute atomic E-state index is 11.0. The van der Waals surface area contributed by atoms with Gasteiger partial charge in [-0.15, -0.1) is 0 Å². The average molecular weight is 225 g/mol. The van der Waals surface area contributed by atoms with Crippen LogP contribution in [0.25, 0.3) is 0 Å². The smallest absolute Gasteiger partial charge is 0.328 e. The topological polar surface area (TPSA) is 66.4 Å². The van der Waals surface area contributed by atoms with Crippen LogP contribution >= 0.6 is 11.3 Å². The molecule has 15 heavy (non-hydrogen) atoms. The van der Waals surface area contributed by atoms with E-state index < -0.39 is 5.97 Å². The molecule has 1 amide bonds. The molecule has 0 saturated heterocycles. The molecule has 0 radical (unpaired) electrons. The Morgan fingerprint density at radius 2 is 2.27 bits per heavy atom. The molecule has 0 aliphatic rings. The number of carboxylic acids is 1. The summed E-state index contributed by atoms with van der Waals surface area (Å²) in [5, 5.41) is 14.9. The van der Waals surface area contributed by atoms with Crippen LogP contribution in [0.4, 0.5) is 0 Å². The number of hydrogen-bond acceptors (Lipinski definition) is 3. The van der Waals surface area contributed by atoms with Crippen molar-refractivity contribution in [3.63, 3.8) is 0 Å². The van der Waals surface area contributed by atoms with Crippen molar-refractivity contribution in [3.8, 4) is 0 Å². The molecule has 0 aliphatic heterocycles. The van der Waals surface area contributed by atoms with E-state index in [2.05, 4.69) is 5.32 Å². The summed E-state index contributed by atoms with van der Waals surface area (Å²) in [5.74, 6) is -1.50. The van der Waals surface area contributed by atoms with E-state index in [1.807, 2.05) is 16.8 Å². The molecule has 5 heteroatoms. The highest BCUT2D eigenvalue weighted by molar-refractivity contribution is 7.07. The van der Waals surface area contributed by atoms with Crippen molar-refractivity contribution in [2.45, 2.75) is 6.42 Å². The van der Waals surface area contributed by atoms with Crippen LogP contribution in [0.5, 0.6) is 0 Å². The van der Waals surface area contributed by atoms with Gasteiger partial charge < -0.3 is 10.4 Å². The van der Waals surface area contributed by atoms with Crippen molar-refractivity contribution in [2.75, 3.05) is 6.54 Å². The fourth-order valence-corrected chi connectivity index (χ4v) is 1.67. The van der Waals surface area contributed by atoms with Crippen molar-refractivity contribution in [1.82, 2.24) is 5.32 Å². The van der Waals surface area contributed by atoms with Crippen molar-refractivity contribution in [2.24, 2.45) is 0 Å². The Hall–Kier alpha value is -1.62. The van der Waals surface area contributed by atoms with E-state index in [-0.39, 0.29) is 5.91 Å². The number of carboxylic acid groups (broad SMARTS) is 1. The lowest BCUT2D eigenvalue weighted by Crippen LogP contribution is -2.23. The first-order valence-corrected chi connectivity index (χ1v) is 5.32. The zero-order valence-corrected chi connectivity index (χ0v) is 8.79. The van der Waals surface area contributed by atoms with Crippen LogP contribution in [0.1, 0.15) is 5.56 Å². The molecule has 80 valence electrons. The van der Waals surface area contributed by atoms with Crippen LogP contribution in [-0.4, -0.2) is 23.5 Å². The molecule has 0 fully saturated rings. The second-order valence-corrected chi connectivity index (χ2v) is 3.62. The Morgan fingerprint density at radius 3 is 2.87 bits per heavy atom. The molecular weight excluding hydrogens is 214 g/mol. The van der Waals surface area contributed by atoms with Gasteiger partial charge in [0.15, 0.2) is 0 Å². The molecule has 0 spiro atoms. The maximum Gasteiger partial charge on any atom is 0.328 e. The first-order valence-electron chi connectivity index (χ1n) is 4.38. The Kier molecular flexibility index (Phi) is 4.56. The molecular formula is C10H11NO3S. The second kappa shape index (κ2) is 5.98. The van der Waals surface area contributed by atoms with Crippen LogP contribution < -0.4 is 5.32 Å². The van der Waals surface area contributed by atoms with E-state index in [0.29, 0.717) is 6.54 Å². The van der Waals surface area contributed by atoms with Crippen LogP contribution in [0.3, 0.4) is 0 Å². The highest BCUT2D eigenvalue weighted by atomic mass is 32.1. The third-order valence-electron chi connectivity index (χ3n) is 1.67. The molecule has 0 aromatic carbocycles. The van der Waals surface area contributed by atoms with Gasteiger partial charge in [-0.1, -0.05) is 0 Å².